The highest BCUT2D eigenvalue weighted by molar-refractivity contribution is 5.69. The largest absolute Gasteiger partial charge is 0.444 e. The third kappa shape index (κ3) is 2.37. The van der Waals surface area contributed by atoms with Crippen LogP contribution in [0.3, 0.4) is 0 Å². The number of aliphatic hydroxyl groups is 1. The first kappa shape index (κ1) is 15.9. The van der Waals surface area contributed by atoms with Gasteiger partial charge in [0, 0.05) is 18.5 Å². The molecule has 1 N–H and O–H groups in total. The second-order valence-electron chi connectivity index (χ2n) is 8.57. The summed E-state index contributed by atoms with van der Waals surface area (Å²) in [5.41, 5.74) is -3.46. The number of nitrogens with zero attached hydrogens (tertiary/aromatic N) is 1. The van der Waals surface area contributed by atoms with Crippen molar-refractivity contribution in [3.05, 3.63) is 0 Å². The Kier molecular flexibility index (Phi) is 2.96. The molecule has 0 unspecified atom stereocenters. The molecule has 2 aliphatic carbocycles. The number of hydrogen-bond donors (Lipinski definition) is 1. The second kappa shape index (κ2) is 4.10. The predicted octanol–water partition coefficient (Wildman–Crippen LogP) is 3.09. The average molecular weight is 321 g/mol. The number of ether oxygens (including phenoxy) is 1. The zero-order valence-electron chi connectivity index (χ0n) is 13.1. The van der Waals surface area contributed by atoms with Crippen LogP contribution in [0.2, 0.25) is 0 Å². The van der Waals surface area contributed by atoms with Gasteiger partial charge in [-0.3, -0.25) is 0 Å². The number of carbonyl (C=O) groups excluding carboxylic acids is 1. The summed E-state index contributed by atoms with van der Waals surface area (Å²) in [4.78, 5) is 13.5. The number of likely N-dealkylation sites (tertiary alicyclic amines) is 1. The van der Waals surface area contributed by atoms with Crippen LogP contribution in [0.25, 0.3) is 0 Å². The van der Waals surface area contributed by atoms with E-state index in [4.69, 9.17) is 4.74 Å². The molecule has 0 bridgehead atoms. The molecular formula is C15H22F3NO3. The molecule has 0 aromatic carbocycles. The SMILES string of the molecule is CC(C)(C)OC(=O)N1CC2(C1)CC1(C2)CC(O)(C(F)(F)F)C1. The molecule has 1 saturated heterocycles. The van der Waals surface area contributed by atoms with Crippen LogP contribution in [0.1, 0.15) is 46.5 Å². The summed E-state index contributed by atoms with van der Waals surface area (Å²) in [5, 5.41) is 9.57. The molecule has 2 spiro atoms. The summed E-state index contributed by atoms with van der Waals surface area (Å²) < 4.78 is 43.3. The van der Waals surface area contributed by atoms with Crippen LogP contribution < -0.4 is 0 Å². The smallest absolute Gasteiger partial charge is 0.417 e. The lowest BCUT2D eigenvalue weighted by Crippen LogP contribution is -2.73. The molecule has 3 aliphatic rings. The van der Waals surface area contributed by atoms with Crippen molar-refractivity contribution < 1.29 is 27.8 Å². The van der Waals surface area contributed by atoms with Crippen LogP contribution >= 0.6 is 0 Å². The quantitative estimate of drug-likeness (QED) is 0.746. The summed E-state index contributed by atoms with van der Waals surface area (Å²) in [5.74, 6) is 0. The fraction of sp³-hybridized carbons (Fsp3) is 0.933. The Morgan fingerprint density at radius 3 is 1.95 bits per heavy atom. The Morgan fingerprint density at radius 2 is 1.55 bits per heavy atom. The highest BCUT2D eigenvalue weighted by Crippen LogP contribution is 2.71. The predicted molar refractivity (Wildman–Crippen MR) is 72.1 cm³/mol. The summed E-state index contributed by atoms with van der Waals surface area (Å²) in [6, 6.07) is 0. The van der Waals surface area contributed by atoms with Crippen molar-refractivity contribution in [2.75, 3.05) is 13.1 Å². The number of hydrogen-bond acceptors (Lipinski definition) is 3. The minimum atomic E-state index is -4.54. The maximum absolute atomic E-state index is 12.7. The van der Waals surface area contributed by atoms with Gasteiger partial charge in [-0.2, -0.15) is 13.2 Å². The highest BCUT2D eigenvalue weighted by atomic mass is 19.4. The van der Waals surface area contributed by atoms with Crippen LogP contribution in [0.4, 0.5) is 18.0 Å². The van der Waals surface area contributed by atoms with Gasteiger partial charge in [-0.25, -0.2) is 4.79 Å². The zero-order valence-corrected chi connectivity index (χ0v) is 13.1. The first-order valence-corrected chi connectivity index (χ1v) is 7.54. The number of carbonyl (C=O) groups is 1. The number of halogens is 3. The molecule has 1 amide bonds. The molecule has 7 heteroatoms. The molecule has 0 aromatic rings. The van der Waals surface area contributed by atoms with Crippen molar-refractivity contribution in [2.24, 2.45) is 10.8 Å². The van der Waals surface area contributed by atoms with Crippen molar-refractivity contribution >= 4 is 6.09 Å². The molecule has 1 heterocycles. The van der Waals surface area contributed by atoms with Crippen molar-refractivity contribution in [1.29, 1.82) is 0 Å². The van der Waals surface area contributed by atoms with Gasteiger partial charge in [0.1, 0.15) is 5.60 Å². The maximum atomic E-state index is 12.7. The van der Waals surface area contributed by atoms with E-state index in [0.29, 0.717) is 25.9 Å². The molecule has 4 nitrogen and oxygen atoms in total. The standard InChI is InChI=1S/C15H22F3NO3/c1-11(2,3)22-10(20)19-8-13(9-19)4-12(5-13)6-14(21,7-12)15(16,17)18/h21H,4-9H2,1-3H3. The number of amides is 1. The third-order valence-electron chi connectivity index (χ3n) is 5.07. The zero-order chi connectivity index (χ0) is 16.6. The van der Waals surface area contributed by atoms with E-state index in [1.165, 1.54) is 0 Å². The molecule has 126 valence electrons. The molecule has 0 atom stereocenters. The second-order valence-corrected chi connectivity index (χ2v) is 8.57. The van der Waals surface area contributed by atoms with E-state index in [9.17, 15) is 23.1 Å². The summed E-state index contributed by atoms with van der Waals surface area (Å²) >= 11 is 0. The monoisotopic (exact) mass is 321 g/mol. The van der Waals surface area contributed by atoms with Crippen molar-refractivity contribution in [3.8, 4) is 0 Å². The molecule has 0 radical (unpaired) electrons. The van der Waals surface area contributed by atoms with Gasteiger partial charge in [0.2, 0.25) is 0 Å². The van der Waals surface area contributed by atoms with Gasteiger partial charge in [0.15, 0.2) is 5.60 Å². The summed E-state index contributed by atoms with van der Waals surface area (Å²) in [6.45, 7) is 6.49. The molecule has 0 aromatic heterocycles. The normalized spacial score (nSPS) is 27.9. The third-order valence-corrected chi connectivity index (χ3v) is 5.07. The molecule has 2 saturated carbocycles. The van der Waals surface area contributed by atoms with Gasteiger partial charge in [-0.1, -0.05) is 0 Å². The van der Waals surface area contributed by atoms with Gasteiger partial charge < -0.3 is 14.7 Å². The minimum absolute atomic E-state index is 0.0518. The molecule has 22 heavy (non-hydrogen) atoms. The average Bonchev–Trinajstić information content (AvgIpc) is 2.12. The highest BCUT2D eigenvalue weighted by Gasteiger charge is 2.74. The van der Waals surface area contributed by atoms with E-state index >= 15 is 0 Å². The summed E-state index contributed by atoms with van der Waals surface area (Å²) in [7, 11) is 0. The Bertz CT molecular complexity index is 487. The number of rotatable bonds is 0. The van der Waals surface area contributed by atoms with E-state index in [0.717, 1.165) is 0 Å². The van der Waals surface area contributed by atoms with Crippen LogP contribution in [-0.4, -0.2) is 46.6 Å². The number of alkyl halides is 3. The van der Waals surface area contributed by atoms with Crippen molar-refractivity contribution in [2.45, 2.75) is 63.8 Å². The van der Waals surface area contributed by atoms with Gasteiger partial charge in [-0.05, 0) is 51.9 Å². The topological polar surface area (TPSA) is 49.8 Å². The van der Waals surface area contributed by atoms with E-state index in [2.05, 4.69) is 0 Å². The van der Waals surface area contributed by atoms with Gasteiger partial charge >= 0.3 is 12.3 Å². The van der Waals surface area contributed by atoms with E-state index < -0.39 is 17.4 Å². The fourth-order valence-electron chi connectivity index (χ4n) is 4.62. The van der Waals surface area contributed by atoms with Crippen LogP contribution in [-0.2, 0) is 4.74 Å². The van der Waals surface area contributed by atoms with Crippen molar-refractivity contribution in [1.82, 2.24) is 4.90 Å². The lowest BCUT2D eigenvalue weighted by Gasteiger charge is -2.70. The van der Waals surface area contributed by atoms with Crippen LogP contribution in [0.15, 0.2) is 0 Å². The molecule has 3 fully saturated rings. The first-order chi connectivity index (χ1) is 9.77. The van der Waals surface area contributed by atoms with Crippen molar-refractivity contribution in [3.63, 3.8) is 0 Å². The van der Waals surface area contributed by atoms with Crippen LogP contribution in [0, 0.1) is 10.8 Å². The van der Waals surface area contributed by atoms with Gasteiger partial charge in [0.05, 0.1) is 0 Å². The lowest BCUT2D eigenvalue weighted by molar-refractivity contribution is -0.344. The Hall–Kier alpha value is -0.980. The Labute approximate surface area is 127 Å². The molecule has 1 aliphatic heterocycles. The summed E-state index contributed by atoms with van der Waals surface area (Å²) in [6.07, 6.45) is -3.96. The van der Waals surface area contributed by atoms with Gasteiger partial charge in [0.25, 0.3) is 0 Å². The fourth-order valence-corrected chi connectivity index (χ4v) is 4.62. The van der Waals surface area contributed by atoms with E-state index in [-0.39, 0.29) is 29.8 Å². The lowest BCUT2D eigenvalue weighted by atomic mass is 9.39. The van der Waals surface area contributed by atoms with E-state index in [1.807, 2.05) is 0 Å². The Balaban J connectivity index is 1.48. The first-order valence-electron chi connectivity index (χ1n) is 7.54. The molecule has 3 rings (SSSR count). The maximum Gasteiger partial charge on any atom is 0.417 e. The van der Waals surface area contributed by atoms with Gasteiger partial charge in [-0.15, -0.1) is 0 Å². The Morgan fingerprint density at radius 1 is 1.05 bits per heavy atom. The minimum Gasteiger partial charge on any atom is -0.444 e. The van der Waals surface area contributed by atoms with Crippen LogP contribution in [0.5, 0.6) is 0 Å². The molecular weight excluding hydrogens is 299 g/mol. The van der Waals surface area contributed by atoms with E-state index in [1.54, 1.807) is 25.7 Å².